The average molecular weight is 333 g/mol. The molecule has 126 valence electrons. The summed E-state index contributed by atoms with van der Waals surface area (Å²) in [7, 11) is 0. The van der Waals surface area contributed by atoms with E-state index >= 15 is 0 Å². The molecule has 0 bridgehead atoms. The van der Waals surface area contributed by atoms with Crippen LogP contribution in [0.1, 0.15) is 11.3 Å². The molecule has 1 aromatic heterocycles. The molecule has 2 N–H and O–H groups in total. The van der Waals surface area contributed by atoms with E-state index in [0.29, 0.717) is 17.9 Å². The number of carbonyl (C=O) groups is 1. The van der Waals surface area contributed by atoms with Gasteiger partial charge in [-0.25, -0.2) is 14.8 Å². The highest BCUT2D eigenvalue weighted by atomic mass is 16.4. The number of nitrogens with one attached hydrogen (secondary N) is 1. The number of nitrogens with zero attached hydrogens (tertiary/aromatic N) is 2. The highest BCUT2D eigenvalue weighted by Crippen LogP contribution is 2.19. The van der Waals surface area contributed by atoms with Crippen molar-refractivity contribution in [3.63, 3.8) is 0 Å². The van der Waals surface area contributed by atoms with E-state index in [2.05, 4.69) is 15.3 Å². The number of aromatic nitrogens is 2. The smallest absolute Gasteiger partial charge is 0.326 e. The number of aryl methyl sites for hydroxylation is 1. The Morgan fingerprint density at radius 3 is 2.32 bits per heavy atom. The zero-order valence-electron chi connectivity index (χ0n) is 13.9. The number of rotatable bonds is 6. The van der Waals surface area contributed by atoms with Crippen molar-refractivity contribution in [2.24, 2.45) is 0 Å². The standard InChI is InChI=1S/C20H19N3O2/c1-14-19(21-13-18(22-14)16-10-6-3-7-11-16)23-17(20(24)25)12-15-8-4-2-5-9-15/h2-11,13,17H,12H2,1H3,(H,21,23)(H,24,25)/t17-/m0/s1. The number of hydrogen-bond donors (Lipinski definition) is 2. The molecule has 0 aliphatic heterocycles. The lowest BCUT2D eigenvalue weighted by Crippen LogP contribution is -2.32. The Balaban J connectivity index is 1.79. The molecule has 3 rings (SSSR count). The Morgan fingerprint density at radius 1 is 1.08 bits per heavy atom. The Labute approximate surface area is 146 Å². The molecule has 0 aliphatic rings. The summed E-state index contributed by atoms with van der Waals surface area (Å²) in [6.07, 6.45) is 2.03. The first-order valence-electron chi connectivity index (χ1n) is 8.06. The Bertz CT molecular complexity index is 851. The molecule has 5 nitrogen and oxygen atoms in total. The molecule has 0 amide bonds. The summed E-state index contributed by atoms with van der Waals surface area (Å²) in [5.74, 6) is -0.430. The van der Waals surface area contributed by atoms with Crippen molar-refractivity contribution in [1.82, 2.24) is 9.97 Å². The Hall–Kier alpha value is -3.21. The van der Waals surface area contributed by atoms with Crippen LogP contribution in [-0.4, -0.2) is 27.1 Å². The molecule has 0 unspecified atom stereocenters. The van der Waals surface area contributed by atoms with Gasteiger partial charge in [-0.15, -0.1) is 0 Å². The van der Waals surface area contributed by atoms with E-state index in [1.165, 1.54) is 0 Å². The second kappa shape index (κ2) is 7.57. The zero-order valence-corrected chi connectivity index (χ0v) is 13.9. The molecule has 2 aromatic carbocycles. The van der Waals surface area contributed by atoms with Gasteiger partial charge in [0.05, 0.1) is 17.6 Å². The molecule has 1 heterocycles. The minimum atomic E-state index is -0.919. The zero-order chi connectivity index (χ0) is 17.6. The number of anilines is 1. The van der Waals surface area contributed by atoms with Crippen LogP contribution in [0, 0.1) is 6.92 Å². The number of aliphatic carboxylic acids is 1. The van der Waals surface area contributed by atoms with Gasteiger partial charge in [-0.05, 0) is 12.5 Å². The number of carboxylic acids is 1. The van der Waals surface area contributed by atoms with Gasteiger partial charge in [-0.1, -0.05) is 60.7 Å². The summed E-state index contributed by atoms with van der Waals surface area (Å²) in [6.45, 7) is 1.82. The van der Waals surface area contributed by atoms with Gasteiger partial charge in [-0.2, -0.15) is 0 Å². The van der Waals surface area contributed by atoms with Crippen LogP contribution in [-0.2, 0) is 11.2 Å². The summed E-state index contributed by atoms with van der Waals surface area (Å²) >= 11 is 0. The molecule has 25 heavy (non-hydrogen) atoms. The second-order valence-electron chi connectivity index (χ2n) is 5.78. The van der Waals surface area contributed by atoms with Gasteiger partial charge in [0.2, 0.25) is 0 Å². The number of hydrogen-bond acceptors (Lipinski definition) is 4. The minimum absolute atomic E-state index is 0.373. The van der Waals surface area contributed by atoms with Gasteiger partial charge in [0.25, 0.3) is 0 Å². The summed E-state index contributed by atoms with van der Waals surface area (Å²) in [4.78, 5) is 20.5. The average Bonchev–Trinajstić information content (AvgIpc) is 2.64. The molecule has 5 heteroatoms. The highest BCUT2D eigenvalue weighted by Gasteiger charge is 2.19. The van der Waals surface area contributed by atoms with Crippen LogP contribution < -0.4 is 5.32 Å². The molecule has 0 saturated heterocycles. The fourth-order valence-electron chi connectivity index (χ4n) is 2.59. The summed E-state index contributed by atoms with van der Waals surface area (Å²) in [6, 6.07) is 18.5. The Morgan fingerprint density at radius 2 is 1.72 bits per heavy atom. The fraction of sp³-hybridized carbons (Fsp3) is 0.150. The normalized spacial score (nSPS) is 11.7. The predicted octanol–water partition coefficient (Wildman–Crippen LogP) is 3.56. The lowest BCUT2D eigenvalue weighted by Gasteiger charge is -2.16. The van der Waals surface area contributed by atoms with E-state index in [9.17, 15) is 9.90 Å². The molecule has 0 fully saturated rings. The molecular formula is C20H19N3O2. The van der Waals surface area contributed by atoms with Crippen LogP contribution in [0.5, 0.6) is 0 Å². The molecule has 0 aliphatic carbocycles. The third kappa shape index (κ3) is 4.20. The van der Waals surface area contributed by atoms with Gasteiger partial charge < -0.3 is 10.4 Å². The van der Waals surface area contributed by atoms with Crippen molar-refractivity contribution in [2.45, 2.75) is 19.4 Å². The van der Waals surface area contributed by atoms with E-state index in [1.54, 1.807) is 6.20 Å². The lowest BCUT2D eigenvalue weighted by molar-refractivity contribution is -0.137. The second-order valence-corrected chi connectivity index (χ2v) is 5.78. The van der Waals surface area contributed by atoms with E-state index in [1.807, 2.05) is 67.6 Å². The molecule has 3 aromatic rings. The van der Waals surface area contributed by atoms with Crippen LogP contribution in [0.4, 0.5) is 5.82 Å². The topological polar surface area (TPSA) is 75.1 Å². The van der Waals surface area contributed by atoms with Crippen molar-refractivity contribution in [3.8, 4) is 11.3 Å². The van der Waals surface area contributed by atoms with Gasteiger partial charge in [0.1, 0.15) is 11.9 Å². The third-order valence-corrected chi connectivity index (χ3v) is 3.91. The molecule has 0 radical (unpaired) electrons. The molecule has 1 atom stereocenters. The highest BCUT2D eigenvalue weighted by molar-refractivity contribution is 5.77. The van der Waals surface area contributed by atoms with E-state index < -0.39 is 12.0 Å². The van der Waals surface area contributed by atoms with Crippen LogP contribution in [0.2, 0.25) is 0 Å². The third-order valence-electron chi connectivity index (χ3n) is 3.91. The SMILES string of the molecule is Cc1nc(-c2ccccc2)cnc1N[C@@H](Cc1ccccc1)C(=O)O. The number of benzene rings is 2. The number of carboxylic acid groups (broad SMARTS) is 1. The van der Waals surface area contributed by atoms with E-state index in [0.717, 1.165) is 16.8 Å². The monoisotopic (exact) mass is 333 g/mol. The molecule has 0 spiro atoms. The van der Waals surface area contributed by atoms with E-state index in [4.69, 9.17) is 0 Å². The van der Waals surface area contributed by atoms with Gasteiger partial charge in [0, 0.05) is 12.0 Å². The van der Waals surface area contributed by atoms with Crippen molar-refractivity contribution in [2.75, 3.05) is 5.32 Å². The first-order chi connectivity index (χ1) is 12.1. The minimum Gasteiger partial charge on any atom is -0.480 e. The summed E-state index contributed by atoms with van der Waals surface area (Å²) in [5, 5.41) is 12.5. The van der Waals surface area contributed by atoms with Crippen molar-refractivity contribution in [3.05, 3.63) is 78.1 Å². The quantitative estimate of drug-likeness (QED) is 0.721. The maximum atomic E-state index is 11.6. The van der Waals surface area contributed by atoms with Crippen LogP contribution in [0.15, 0.2) is 66.9 Å². The van der Waals surface area contributed by atoms with Crippen molar-refractivity contribution >= 4 is 11.8 Å². The van der Waals surface area contributed by atoms with Gasteiger partial charge >= 0.3 is 5.97 Å². The van der Waals surface area contributed by atoms with Crippen LogP contribution in [0.25, 0.3) is 11.3 Å². The van der Waals surface area contributed by atoms with E-state index in [-0.39, 0.29) is 0 Å². The van der Waals surface area contributed by atoms with Gasteiger partial charge in [-0.3, -0.25) is 0 Å². The van der Waals surface area contributed by atoms with Gasteiger partial charge in [0.15, 0.2) is 0 Å². The van der Waals surface area contributed by atoms with Crippen LogP contribution in [0.3, 0.4) is 0 Å². The maximum Gasteiger partial charge on any atom is 0.326 e. The Kier molecular flexibility index (Phi) is 5.04. The van der Waals surface area contributed by atoms with Crippen LogP contribution >= 0.6 is 0 Å². The first kappa shape index (κ1) is 16.6. The fourth-order valence-corrected chi connectivity index (χ4v) is 2.59. The maximum absolute atomic E-state index is 11.6. The van der Waals surface area contributed by atoms with Crippen molar-refractivity contribution < 1.29 is 9.90 Å². The van der Waals surface area contributed by atoms with Crippen molar-refractivity contribution in [1.29, 1.82) is 0 Å². The first-order valence-corrected chi connectivity index (χ1v) is 8.06. The summed E-state index contributed by atoms with van der Waals surface area (Å²) in [5.41, 5.74) is 3.36. The molecule has 0 saturated carbocycles. The molecular weight excluding hydrogens is 314 g/mol. The largest absolute Gasteiger partial charge is 0.480 e. The summed E-state index contributed by atoms with van der Waals surface area (Å²) < 4.78 is 0. The predicted molar refractivity (Wildman–Crippen MR) is 97.4 cm³/mol. The lowest BCUT2D eigenvalue weighted by atomic mass is 10.1.